The van der Waals surface area contributed by atoms with Crippen LogP contribution in [0.4, 0.5) is 0 Å². The zero-order chi connectivity index (χ0) is 8.69. The van der Waals surface area contributed by atoms with Crippen molar-refractivity contribution >= 4 is 5.97 Å². The number of unbranched alkanes of at least 4 members (excludes halogenated alkanes) is 1. The summed E-state index contributed by atoms with van der Waals surface area (Å²) in [5.74, 6) is -0.333. The molecule has 0 aliphatic carbocycles. The van der Waals surface area contributed by atoms with Gasteiger partial charge >= 0.3 is 5.97 Å². The molecule has 0 spiro atoms. The van der Waals surface area contributed by atoms with E-state index in [9.17, 15) is 4.79 Å². The van der Waals surface area contributed by atoms with E-state index in [1.807, 2.05) is 0 Å². The number of ether oxygens (including phenoxy) is 1. The number of aliphatic hydroxyl groups excluding tert-OH is 1. The first kappa shape index (κ1) is 10.4. The Labute approximate surface area is 67.4 Å². The zero-order valence-corrected chi connectivity index (χ0v) is 7.17. The first-order valence-corrected chi connectivity index (χ1v) is 3.98. The molecular formula is C8H16O3. The van der Waals surface area contributed by atoms with Gasteiger partial charge in [0.1, 0.15) is 6.61 Å². The Kier molecular flexibility index (Phi) is 5.84. The van der Waals surface area contributed by atoms with E-state index in [-0.39, 0.29) is 12.6 Å². The highest BCUT2D eigenvalue weighted by atomic mass is 16.5. The molecule has 3 nitrogen and oxygen atoms in total. The Bertz CT molecular complexity index is 112. The minimum absolute atomic E-state index is 0.134. The molecule has 66 valence electrons. The van der Waals surface area contributed by atoms with Crippen molar-refractivity contribution in [2.75, 3.05) is 6.61 Å². The van der Waals surface area contributed by atoms with Crippen molar-refractivity contribution in [2.45, 2.75) is 39.2 Å². The lowest BCUT2D eigenvalue weighted by atomic mass is 10.2. The van der Waals surface area contributed by atoms with Gasteiger partial charge in [0.15, 0.2) is 0 Å². The Morgan fingerprint density at radius 3 is 2.73 bits per heavy atom. The molecule has 11 heavy (non-hydrogen) atoms. The summed E-state index contributed by atoms with van der Waals surface area (Å²) in [7, 11) is 0. The van der Waals surface area contributed by atoms with Crippen LogP contribution in [0.5, 0.6) is 0 Å². The van der Waals surface area contributed by atoms with Gasteiger partial charge in [0, 0.05) is 6.92 Å². The van der Waals surface area contributed by atoms with Gasteiger partial charge in [-0.2, -0.15) is 0 Å². The molecule has 0 unspecified atom stereocenters. The van der Waals surface area contributed by atoms with Crippen LogP contribution in [0.25, 0.3) is 0 Å². The van der Waals surface area contributed by atoms with Crippen molar-refractivity contribution in [1.82, 2.24) is 0 Å². The van der Waals surface area contributed by atoms with Crippen LogP contribution in [-0.2, 0) is 9.53 Å². The lowest BCUT2D eigenvalue weighted by Gasteiger charge is -2.08. The van der Waals surface area contributed by atoms with Gasteiger partial charge in [0.05, 0.1) is 6.10 Å². The van der Waals surface area contributed by atoms with Crippen molar-refractivity contribution in [1.29, 1.82) is 0 Å². The zero-order valence-electron chi connectivity index (χ0n) is 7.17. The highest BCUT2D eigenvalue weighted by Gasteiger charge is 2.04. The van der Waals surface area contributed by atoms with Crippen molar-refractivity contribution < 1.29 is 14.6 Å². The largest absolute Gasteiger partial charge is 0.463 e. The third-order valence-corrected chi connectivity index (χ3v) is 1.37. The third-order valence-electron chi connectivity index (χ3n) is 1.37. The molecule has 0 aromatic heterocycles. The average molecular weight is 160 g/mol. The third kappa shape index (κ3) is 7.33. The summed E-state index contributed by atoms with van der Waals surface area (Å²) in [6, 6.07) is 0. The number of carbonyl (C=O) groups is 1. The van der Waals surface area contributed by atoms with Crippen LogP contribution in [0.2, 0.25) is 0 Å². The Hall–Kier alpha value is -0.570. The lowest BCUT2D eigenvalue weighted by Crippen LogP contribution is -2.16. The number of rotatable bonds is 5. The minimum Gasteiger partial charge on any atom is -0.463 e. The number of esters is 1. The van der Waals surface area contributed by atoms with Crippen LogP contribution in [0.15, 0.2) is 0 Å². The molecule has 1 N–H and O–H groups in total. The summed E-state index contributed by atoms with van der Waals surface area (Å²) in [4.78, 5) is 10.3. The summed E-state index contributed by atoms with van der Waals surface area (Å²) >= 11 is 0. The van der Waals surface area contributed by atoms with Crippen molar-refractivity contribution in [3.8, 4) is 0 Å². The number of carbonyl (C=O) groups excluding carboxylic acids is 1. The molecule has 0 aliphatic heterocycles. The summed E-state index contributed by atoms with van der Waals surface area (Å²) in [6.07, 6.45) is 2.25. The smallest absolute Gasteiger partial charge is 0.302 e. The number of hydrogen-bond acceptors (Lipinski definition) is 3. The molecule has 0 aliphatic rings. The summed E-state index contributed by atoms with van der Waals surface area (Å²) in [6.45, 7) is 3.53. The molecule has 3 heteroatoms. The van der Waals surface area contributed by atoms with Gasteiger partial charge in [0.25, 0.3) is 0 Å². The van der Waals surface area contributed by atoms with Gasteiger partial charge in [0.2, 0.25) is 0 Å². The molecular weight excluding hydrogens is 144 g/mol. The number of aliphatic hydroxyl groups is 1. The van der Waals surface area contributed by atoms with E-state index < -0.39 is 6.10 Å². The standard InChI is InChI=1S/C8H16O3/c1-3-4-5-8(10)6-11-7(2)9/h8,10H,3-6H2,1-2H3/t8-/m0/s1. The second kappa shape index (κ2) is 6.16. The van der Waals surface area contributed by atoms with E-state index in [1.165, 1.54) is 6.92 Å². The summed E-state index contributed by atoms with van der Waals surface area (Å²) in [5.41, 5.74) is 0. The van der Waals surface area contributed by atoms with E-state index in [0.717, 1.165) is 12.8 Å². The molecule has 0 aromatic rings. The maximum absolute atomic E-state index is 10.3. The van der Waals surface area contributed by atoms with Gasteiger partial charge < -0.3 is 9.84 Å². The van der Waals surface area contributed by atoms with E-state index >= 15 is 0 Å². The molecule has 0 aromatic carbocycles. The van der Waals surface area contributed by atoms with E-state index in [1.54, 1.807) is 0 Å². The maximum atomic E-state index is 10.3. The van der Waals surface area contributed by atoms with Crippen LogP contribution < -0.4 is 0 Å². The summed E-state index contributed by atoms with van der Waals surface area (Å²) < 4.78 is 4.61. The van der Waals surface area contributed by atoms with Crippen LogP contribution in [0.3, 0.4) is 0 Å². The van der Waals surface area contributed by atoms with Crippen molar-refractivity contribution in [2.24, 2.45) is 0 Å². The summed E-state index contributed by atoms with van der Waals surface area (Å²) in [5, 5.41) is 9.15. The highest BCUT2D eigenvalue weighted by molar-refractivity contribution is 5.65. The minimum atomic E-state index is -0.487. The van der Waals surface area contributed by atoms with Gasteiger partial charge in [-0.3, -0.25) is 4.79 Å². The monoisotopic (exact) mass is 160 g/mol. The first-order valence-electron chi connectivity index (χ1n) is 3.98. The molecule has 0 radical (unpaired) electrons. The molecule has 0 saturated carbocycles. The molecule has 1 atom stereocenters. The van der Waals surface area contributed by atoms with E-state index in [4.69, 9.17) is 5.11 Å². The predicted octanol–water partition coefficient (Wildman–Crippen LogP) is 1.10. The van der Waals surface area contributed by atoms with Crippen LogP contribution in [0.1, 0.15) is 33.1 Å². The molecule has 0 fully saturated rings. The van der Waals surface area contributed by atoms with Gasteiger partial charge in [-0.15, -0.1) is 0 Å². The maximum Gasteiger partial charge on any atom is 0.302 e. The molecule has 0 saturated heterocycles. The first-order chi connectivity index (χ1) is 5.16. The van der Waals surface area contributed by atoms with Crippen LogP contribution >= 0.6 is 0 Å². The van der Waals surface area contributed by atoms with Gasteiger partial charge in [-0.1, -0.05) is 19.8 Å². The fourth-order valence-corrected chi connectivity index (χ4v) is 0.737. The van der Waals surface area contributed by atoms with Crippen molar-refractivity contribution in [3.63, 3.8) is 0 Å². The fourth-order valence-electron chi connectivity index (χ4n) is 0.737. The Morgan fingerprint density at radius 2 is 2.27 bits per heavy atom. The van der Waals surface area contributed by atoms with Crippen molar-refractivity contribution in [3.05, 3.63) is 0 Å². The molecule has 0 bridgehead atoms. The van der Waals surface area contributed by atoms with Gasteiger partial charge in [-0.25, -0.2) is 0 Å². The molecule has 0 rings (SSSR count). The van der Waals surface area contributed by atoms with Crippen LogP contribution in [-0.4, -0.2) is 23.8 Å². The lowest BCUT2D eigenvalue weighted by molar-refractivity contribution is -0.144. The predicted molar refractivity (Wildman–Crippen MR) is 42.2 cm³/mol. The van der Waals surface area contributed by atoms with E-state index in [2.05, 4.69) is 11.7 Å². The number of hydrogen-bond donors (Lipinski definition) is 1. The highest BCUT2D eigenvalue weighted by Crippen LogP contribution is 2.00. The Balaban J connectivity index is 3.22. The SMILES string of the molecule is CCCC[C@H](O)COC(C)=O. The average Bonchev–Trinajstić information content (AvgIpc) is 1.97. The van der Waals surface area contributed by atoms with E-state index in [0.29, 0.717) is 6.42 Å². The topological polar surface area (TPSA) is 46.5 Å². The fraction of sp³-hybridized carbons (Fsp3) is 0.875. The normalized spacial score (nSPS) is 12.6. The Morgan fingerprint density at radius 1 is 1.64 bits per heavy atom. The second-order valence-electron chi connectivity index (χ2n) is 2.60. The molecule has 0 amide bonds. The van der Waals surface area contributed by atoms with Gasteiger partial charge in [-0.05, 0) is 6.42 Å². The van der Waals surface area contributed by atoms with Crippen LogP contribution in [0, 0.1) is 0 Å². The molecule has 0 heterocycles. The second-order valence-corrected chi connectivity index (χ2v) is 2.60. The quantitative estimate of drug-likeness (QED) is 0.612.